The Labute approximate surface area is 320 Å². The van der Waals surface area contributed by atoms with E-state index < -0.39 is 21.7 Å². The van der Waals surface area contributed by atoms with Crippen molar-refractivity contribution >= 4 is 55.6 Å². The zero-order chi connectivity index (χ0) is 39.0. The molecule has 1 aromatic carbocycles. The minimum absolute atomic E-state index is 0.119. The van der Waals surface area contributed by atoms with Crippen LogP contribution in [-0.4, -0.2) is 96.7 Å². The van der Waals surface area contributed by atoms with Gasteiger partial charge in [0.05, 0.1) is 17.1 Å². The average molecular weight is 776 g/mol. The monoisotopic (exact) mass is 775 g/mol. The van der Waals surface area contributed by atoms with E-state index in [1.165, 1.54) is 12.1 Å². The minimum Gasteiger partial charge on any atom is -0.444 e. The van der Waals surface area contributed by atoms with Crippen molar-refractivity contribution < 1.29 is 23.4 Å². The maximum Gasteiger partial charge on any atom is 0.410 e. The SMILES string of the molecule is Cc1cn(C2CCN(C(=O)OC(C)(C)C)CC2)c2nc3c(-c4cnc5ccc(F)cc5c4)cnn3c(N(COCC[Si](C)(C)C)COCC[Si](C)(C)C)c12. The fraction of sp³-hybridized carbons (Fsp3) is 0.550. The molecule has 5 aromatic rings. The van der Waals surface area contributed by atoms with Crippen LogP contribution in [0.25, 0.3) is 38.7 Å². The number of benzene rings is 1. The lowest BCUT2D eigenvalue weighted by Gasteiger charge is -2.34. The summed E-state index contributed by atoms with van der Waals surface area (Å²) in [6.45, 7) is 25.1. The van der Waals surface area contributed by atoms with Gasteiger partial charge in [0.15, 0.2) is 5.65 Å². The van der Waals surface area contributed by atoms with Crippen LogP contribution in [0.1, 0.15) is 45.2 Å². The van der Waals surface area contributed by atoms with Gasteiger partial charge >= 0.3 is 6.09 Å². The molecule has 0 atom stereocenters. The fourth-order valence-electron chi connectivity index (χ4n) is 6.78. The molecule has 292 valence electrons. The van der Waals surface area contributed by atoms with Gasteiger partial charge in [0.25, 0.3) is 0 Å². The number of nitrogens with zero attached hydrogens (tertiary/aromatic N) is 7. The fourth-order valence-corrected chi connectivity index (χ4v) is 8.30. The second-order valence-corrected chi connectivity index (χ2v) is 29.4. The highest BCUT2D eigenvalue weighted by Gasteiger charge is 2.31. The predicted octanol–water partition coefficient (Wildman–Crippen LogP) is 9.35. The summed E-state index contributed by atoms with van der Waals surface area (Å²) >= 11 is 0. The molecule has 1 saturated heterocycles. The van der Waals surface area contributed by atoms with Crippen molar-refractivity contribution in [2.24, 2.45) is 0 Å². The zero-order valence-corrected chi connectivity index (χ0v) is 35.8. The third-order valence-electron chi connectivity index (χ3n) is 9.83. The summed E-state index contributed by atoms with van der Waals surface area (Å²) in [5.74, 6) is 0.540. The van der Waals surface area contributed by atoms with Gasteiger partial charge in [0.1, 0.15) is 36.3 Å². The number of fused-ring (bicyclic) bond motifs is 3. The predicted molar refractivity (Wildman–Crippen MR) is 220 cm³/mol. The number of halogens is 1. The van der Waals surface area contributed by atoms with Crippen LogP contribution in [0.3, 0.4) is 0 Å². The molecule has 54 heavy (non-hydrogen) atoms. The number of piperidine rings is 1. The Bertz CT molecular complexity index is 2090. The minimum atomic E-state index is -1.32. The van der Waals surface area contributed by atoms with E-state index in [-0.39, 0.29) is 18.0 Å². The van der Waals surface area contributed by atoms with E-state index in [4.69, 9.17) is 24.3 Å². The van der Waals surface area contributed by atoms with Crippen LogP contribution < -0.4 is 4.90 Å². The molecular weight excluding hydrogens is 718 g/mol. The van der Waals surface area contributed by atoms with Crippen LogP contribution in [0.2, 0.25) is 51.4 Å². The first-order valence-electron chi connectivity index (χ1n) is 19.2. The van der Waals surface area contributed by atoms with E-state index in [1.807, 2.05) is 37.5 Å². The molecule has 4 aromatic heterocycles. The molecule has 0 aliphatic carbocycles. The van der Waals surface area contributed by atoms with Gasteiger partial charge in [0.2, 0.25) is 0 Å². The summed E-state index contributed by atoms with van der Waals surface area (Å²) in [6, 6.07) is 8.79. The number of rotatable bonds is 13. The van der Waals surface area contributed by atoms with Gasteiger partial charge in [-0.15, -0.1) is 0 Å². The Morgan fingerprint density at radius 1 is 0.944 bits per heavy atom. The van der Waals surface area contributed by atoms with E-state index in [1.54, 1.807) is 17.2 Å². The molecule has 5 heterocycles. The van der Waals surface area contributed by atoms with E-state index in [2.05, 4.69) is 66.9 Å². The molecule has 1 aliphatic rings. The van der Waals surface area contributed by atoms with Crippen LogP contribution in [0.4, 0.5) is 15.0 Å². The molecule has 11 nitrogen and oxygen atoms in total. The summed E-state index contributed by atoms with van der Waals surface area (Å²) in [7, 11) is -2.63. The summed E-state index contributed by atoms with van der Waals surface area (Å²) in [4.78, 5) is 26.9. The molecule has 0 N–H and O–H groups in total. The summed E-state index contributed by atoms with van der Waals surface area (Å²) in [5.41, 5.74) is 4.32. The molecule has 0 spiro atoms. The first-order valence-corrected chi connectivity index (χ1v) is 26.6. The van der Waals surface area contributed by atoms with Crippen molar-refractivity contribution in [2.75, 3.05) is 44.7 Å². The number of ether oxygens (including phenoxy) is 3. The van der Waals surface area contributed by atoms with E-state index >= 15 is 0 Å². The smallest absolute Gasteiger partial charge is 0.410 e. The number of likely N-dealkylation sites (tertiary alicyclic amines) is 1. The van der Waals surface area contributed by atoms with Gasteiger partial charge in [-0.05, 0) is 82.5 Å². The molecule has 0 radical (unpaired) electrons. The Kier molecular flexibility index (Phi) is 11.6. The second-order valence-electron chi connectivity index (χ2n) is 18.1. The number of aryl methyl sites for hydroxylation is 1. The highest BCUT2D eigenvalue weighted by Crippen LogP contribution is 2.38. The molecule has 14 heteroatoms. The van der Waals surface area contributed by atoms with Crippen molar-refractivity contribution in [2.45, 2.75) is 104 Å². The maximum atomic E-state index is 14.3. The molecule has 0 bridgehead atoms. The Hall–Kier alpha value is -3.86. The normalized spacial score (nSPS) is 14.8. The molecular formula is C40H58FN7O4Si2. The number of amides is 1. The van der Waals surface area contributed by atoms with Crippen LogP contribution in [0.5, 0.6) is 0 Å². The Morgan fingerprint density at radius 2 is 1.59 bits per heavy atom. The molecule has 0 saturated carbocycles. The van der Waals surface area contributed by atoms with Gasteiger partial charge in [-0.3, -0.25) is 4.98 Å². The largest absolute Gasteiger partial charge is 0.444 e. The summed E-state index contributed by atoms with van der Waals surface area (Å²) < 4.78 is 37.0. The average Bonchev–Trinajstić information content (AvgIpc) is 3.65. The van der Waals surface area contributed by atoms with Gasteiger partial charge in [0, 0.05) is 77.4 Å². The Morgan fingerprint density at radius 3 is 2.20 bits per heavy atom. The molecule has 1 amide bonds. The maximum absolute atomic E-state index is 14.3. The lowest BCUT2D eigenvalue weighted by atomic mass is 10.1. The summed E-state index contributed by atoms with van der Waals surface area (Å²) in [5, 5.41) is 6.65. The highest BCUT2D eigenvalue weighted by atomic mass is 28.3. The number of aromatic nitrogens is 5. The topological polar surface area (TPSA) is 99.2 Å². The highest BCUT2D eigenvalue weighted by molar-refractivity contribution is 6.76. The molecule has 1 fully saturated rings. The number of pyridine rings is 1. The van der Waals surface area contributed by atoms with Gasteiger partial charge in [-0.2, -0.15) is 9.61 Å². The first kappa shape index (κ1) is 39.8. The van der Waals surface area contributed by atoms with E-state index in [9.17, 15) is 9.18 Å². The third-order valence-corrected chi connectivity index (χ3v) is 13.2. The van der Waals surface area contributed by atoms with Crippen molar-refractivity contribution in [3.8, 4) is 11.1 Å². The number of carbonyl (C=O) groups is 1. The first-order chi connectivity index (χ1) is 25.4. The lowest BCUT2D eigenvalue weighted by Crippen LogP contribution is -2.42. The lowest BCUT2D eigenvalue weighted by molar-refractivity contribution is 0.0189. The zero-order valence-electron chi connectivity index (χ0n) is 33.8. The van der Waals surface area contributed by atoms with Gasteiger partial charge in [-0.1, -0.05) is 39.3 Å². The second kappa shape index (κ2) is 15.7. The van der Waals surface area contributed by atoms with Crippen molar-refractivity contribution in [1.82, 2.24) is 29.0 Å². The quantitative estimate of drug-likeness (QED) is 0.0663. The molecule has 0 unspecified atom stereocenters. The molecule has 6 rings (SSSR count). The number of anilines is 1. The molecule has 1 aliphatic heterocycles. The third kappa shape index (κ3) is 9.50. The van der Waals surface area contributed by atoms with Crippen LogP contribution in [0.15, 0.2) is 42.9 Å². The van der Waals surface area contributed by atoms with Crippen molar-refractivity contribution in [3.05, 3.63) is 54.2 Å². The van der Waals surface area contributed by atoms with Crippen molar-refractivity contribution in [1.29, 1.82) is 0 Å². The van der Waals surface area contributed by atoms with Gasteiger partial charge < -0.3 is 28.6 Å². The summed E-state index contributed by atoms with van der Waals surface area (Å²) in [6.07, 6.45) is 7.06. The Balaban J connectivity index is 1.45. The van der Waals surface area contributed by atoms with E-state index in [0.717, 1.165) is 58.5 Å². The number of hydrogen-bond donors (Lipinski definition) is 0. The number of hydrogen-bond acceptors (Lipinski definition) is 8. The van der Waals surface area contributed by atoms with Gasteiger partial charge in [-0.25, -0.2) is 14.2 Å². The van der Waals surface area contributed by atoms with E-state index in [0.29, 0.717) is 56.3 Å². The van der Waals surface area contributed by atoms with Crippen LogP contribution in [-0.2, 0) is 14.2 Å². The standard InChI is InChI=1S/C40H58FN7O4Si2/c1-28-25-47(32-13-15-45(16-14-32)39(49)52-40(2,3)4)37-35(28)38(46(26-50-17-19-53(5,6)7)27-51-18-20-54(8,9)10)48-36(44-37)33(24-43-48)30-21-29-22-31(41)11-12-34(29)42-23-30/h11-12,21-25,32H,13-20,26-27H2,1-10H3. The van der Waals surface area contributed by atoms with Crippen LogP contribution >= 0.6 is 0 Å². The number of carbonyl (C=O) groups excluding carboxylic acids is 1. The van der Waals surface area contributed by atoms with Crippen molar-refractivity contribution in [3.63, 3.8) is 0 Å². The van der Waals surface area contributed by atoms with Crippen LogP contribution in [0, 0.1) is 12.7 Å².